The largest absolute Gasteiger partial charge is 0.314 e. The molecule has 1 heterocycles. The molecule has 1 saturated heterocycles. The van der Waals surface area contributed by atoms with Crippen LogP contribution in [0, 0.1) is 11.7 Å². The van der Waals surface area contributed by atoms with Crippen molar-refractivity contribution < 1.29 is 4.39 Å². The molecule has 2 rings (SSSR count). The first-order chi connectivity index (χ1) is 9.19. The number of benzene rings is 1. The smallest absolute Gasteiger partial charge is 0.123 e. The van der Waals surface area contributed by atoms with Gasteiger partial charge in [-0.3, -0.25) is 0 Å². The lowest BCUT2D eigenvalue weighted by Gasteiger charge is -2.37. The van der Waals surface area contributed by atoms with E-state index in [4.69, 9.17) is 0 Å². The van der Waals surface area contributed by atoms with Gasteiger partial charge in [0.1, 0.15) is 5.82 Å². The Morgan fingerprint density at radius 1 is 1.42 bits per heavy atom. The van der Waals surface area contributed by atoms with Crippen molar-refractivity contribution in [3.63, 3.8) is 0 Å². The summed E-state index contributed by atoms with van der Waals surface area (Å²) in [6.07, 6.45) is 2.16. The van der Waals surface area contributed by atoms with Crippen LogP contribution >= 0.6 is 0 Å². The standard InChI is InChI=1S/C16H25FN2/c1-3-18-16-8-10-19(12-13(16)2)9-7-14-5-4-6-15(17)11-14/h4-6,11,13,16,18H,3,7-10,12H2,1-2H3. The summed E-state index contributed by atoms with van der Waals surface area (Å²) in [5.41, 5.74) is 1.10. The average molecular weight is 264 g/mol. The summed E-state index contributed by atoms with van der Waals surface area (Å²) < 4.78 is 13.1. The van der Waals surface area contributed by atoms with Gasteiger partial charge in [0.05, 0.1) is 0 Å². The fourth-order valence-electron chi connectivity index (χ4n) is 2.98. The van der Waals surface area contributed by atoms with Gasteiger partial charge in [-0.2, -0.15) is 0 Å². The van der Waals surface area contributed by atoms with E-state index in [9.17, 15) is 4.39 Å². The van der Waals surface area contributed by atoms with Gasteiger partial charge in [-0.15, -0.1) is 0 Å². The number of likely N-dealkylation sites (tertiary alicyclic amines) is 1. The fourth-order valence-corrected chi connectivity index (χ4v) is 2.98. The molecule has 2 unspecified atom stereocenters. The summed E-state index contributed by atoms with van der Waals surface area (Å²) in [5.74, 6) is 0.568. The molecule has 3 heteroatoms. The van der Waals surface area contributed by atoms with Crippen LogP contribution in [0.5, 0.6) is 0 Å². The SMILES string of the molecule is CCNC1CCN(CCc2cccc(F)c2)CC1C. The van der Waals surface area contributed by atoms with Crippen LogP contribution < -0.4 is 5.32 Å². The second-order valence-electron chi connectivity index (χ2n) is 5.61. The highest BCUT2D eigenvalue weighted by atomic mass is 19.1. The van der Waals surface area contributed by atoms with Crippen LogP contribution in [-0.2, 0) is 6.42 Å². The number of rotatable bonds is 5. The van der Waals surface area contributed by atoms with Gasteiger partial charge >= 0.3 is 0 Å². The first-order valence-corrected chi connectivity index (χ1v) is 7.39. The van der Waals surface area contributed by atoms with Crippen LogP contribution in [-0.4, -0.2) is 37.1 Å². The number of halogens is 1. The summed E-state index contributed by atoms with van der Waals surface area (Å²) in [6.45, 7) is 8.87. The zero-order chi connectivity index (χ0) is 13.7. The Bertz CT molecular complexity index is 394. The minimum Gasteiger partial charge on any atom is -0.314 e. The average Bonchev–Trinajstić information content (AvgIpc) is 2.39. The van der Waals surface area contributed by atoms with E-state index in [0.717, 1.165) is 38.2 Å². The molecule has 2 atom stereocenters. The van der Waals surface area contributed by atoms with Crippen LogP contribution in [0.3, 0.4) is 0 Å². The molecule has 1 aliphatic rings. The highest BCUT2D eigenvalue weighted by Crippen LogP contribution is 2.17. The Labute approximate surface area is 116 Å². The third kappa shape index (κ3) is 4.29. The first-order valence-electron chi connectivity index (χ1n) is 7.39. The van der Waals surface area contributed by atoms with E-state index >= 15 is 0 Å². The zero-order valence-corrected chi connectivity index (χ0v) is 12.0. The van der Waals surface area contributed by atoms with E-state index in [1.807, 2.05) is 6.07 Å². The van der Waals surface area contributed by atoms with E-state index in [-0.39, 0.29) is 5.82 Å². The minimum atomic E-state index is -0.128. The molecule has 1 aromatic carbocycles. The topological polar surface area (TPSA) is 15.3 Å². The van der Waals surface area contributed by atoms with Gasteiger partial charge in [0.15, 0.2) is 0 Å². The van der Waals surface area contributed by atoms with E-state index in [0.29, 0.717) is 12.0 Å². The van der Waals surface area contributed by atoms with E-state index in [1.165, 1.54) is 12.5 Å². The van der Waals surface area contributed by atoms with E-state index in [1.54, 1.807) is 12.1 Å². The number of hydrogen-bond acceptors (Lipinski definition) is 2. The van der Waals surface area contributed by atoms with Crippen LogP contribution in [0.4, 0.5) is 4.39 Å². The maximum Gasteiger partial charge on any atom is 0.123 e. The fraction of sp³-hybridized carbons (Fsp3) is 0.625. The second-order valence-corrected chi connectivity index (χ2v) is 5.61. The van der Waals surface area contributed by atoms with Crippen LogP contribution in [0.15, 0.2) is 24.3 Å². The summed E-state index contributed by atoms with van der Waals surface area (Å²) in [5, 5.41) is 3.56. The number of nitrogens with zero attached hydrogens (tertiary/aromatic N) is 1. The Morgan fingerprint density at radius 3 is 2.95 bits per heavy atom. The minimum absolute atomic E-state index is 0.128. The van der Waals surface area contributed by atoms with Crippen molar-refractivity contribution >= 4 is 0 Å². The summed E-state index contributed by atoms with van der Waals surface area (Å²) in [6, 6.07) is 7.63. The van der Waals surface area contributed by atoms with Gasteiger partial charge in [0.25, 0.3) is 0 Å². The van der Waals surface area contributed by atoms with Gasteiger partial charge in [-0.25, -0.2) is 4.39 Å². The number of hydrogen-bond donors (Lipinski definition) is 1. The van der Waals surface area contributed by atoms with Crippen molar-refractivity contribution in [3.05, 3.63) is 35.6 Å². The van der Waals surface area contributed by atoms with Crippen LogP contribution in [0.1, 0.15) is 25.8 Å². The first kappa shape index (κ1) is 14.5. The van der Waals surface area contributed by atoms with Crippen LogP contribution in [0.25, 0.3) is 0 Å². The van der Waals surface area contributed by atoms with Gasteiger partial charge in [0.2, 0.25) is 0 Å². The Kier molecular flexibility index (Phi) is 5.34. The Morgan fingerprint density at radius 2 is 2.26 bits per heavy atom. The van der Waals surface area contributed by atoms with Gasteiger partial charge in [0, 0.05) is 19.1 Å². The molecule has 2 nitrogen and oxygen atoms in total. The molecule has 0 spiro atoms. The maximum atomic E-state index is 13.1. The Balaban J connectivity index is 1.79. The van der Waals surface area contributed by atoms with Crippen molar-refractivity contribution in [1.29, 1.82) is 0 Å². The molecule has 0 saturated carbocycles. The molecular formula is C16H25FN2. The molecule has 0 radical (unpaired) electrons. The third-order valence-corrected chi connectivity index (χ3v) is 4.06. The molecule has 106 valence electrons. The van der Waals surface area contributed by atoms with Gasteiger partial charge in [-0.05, 0) is 49.5 Å². The summed E-state index contributed by atoms with van der Waals surface area (Å²) >= 11 is 0. The second kappa shape index (κ2) is 7.01. The molecule has 0 bridgehead atoms. The van der Waals surface area contributed by atoms with Crippen molar-refractivity contribution in [2.24, 2.45) is 5.92 Å². The van der Waals surface area contributed by atoms with E-state index in [2.05, 4.69) is 24.1 Å². The van der Waals surface area contributed by atoms with Gasteiger partial charge in [-0.1, -0.05) is 26.0 Å². The molecular weight excluding hydrogens is 239 g/mol. The predicted molar refractivity (Wildman–Crippen MR) is 77.8 cm³/mol. The van der Waals surface area contributed by atoms with Crippen molar-refractivity contribution in [1.82, 2.24) is 10.2 Å². The van der Waals surface area contributed by atoms with Gasteiger partial charge < -0.3 is 10.2 Å². The molecule has 19 heavy (non-hydrogen) atoms. The predicted octanol–water partition coefficient (Wildman–Crippen LogP) is 2.69. The van der Waals surface area contributed by atoms with Crippen LogP contribution in [0.2, 0.25) is 0 Å². The lowest BCUT2D eigenvalue weighted by atomic mass is 9.93. The molecule has 1 N–H and O–H groups in total. The highest BCUT2D eigenvalue weighted by Gasteiger charge is 2.24. The van der Waals surface area contributed by atoms with Crippen molar-refractivity contribution in [2.45, 2.75) is 32.7 Å². The number of nitrogens with one attached hydrogen (secondary N) is 1. The molecule has 0 aromatic heterocycles. The quantitative estimate of drug-likeness (QED) is 0.879. The molecule has 0 amide bonds. The zero-order valence-electron chi connectivity index (χ0n) is 12.0. The maximum absolute atomic E-state index is 13.1. The normalized spacial score (nSPS) is 24.6. The number of piperidine rings is 1. The molecule has 1 aliphatic heterocycles. The lowest BCUT2D eigenvalue weighted by molar-refractivity contribution is 0.150. The highest BCUT2D eigenvalue weighted by molar-refractivity contribution is 5.16. The Hall–Kier alpha value is -0.930. The lowest BCUT2D eigenvalue weighted by Crippen LogP contribution is -2.48. The van der Waals surface area contributed by atoms with Crippen molar-refractivity contribution in [2.75, 3.05) is 26.2 Å². The summed E-state index contributed by atoms with van der Waals surface area (Å²) in [7, 11) is 0. The summed E-state index contributed by atoms with van der Waals surface area (Å²) in [4.78, 5) is 2.50. The molecule has 1 fully saturated rings. The van der Waals surface area contributed by atoms with Crippen molar-refractivity contribution in [3.8, 4) is 0 Å². The monoisotopic (exact) mass is 264 g/mol. The van der Waals surface area contributed by atoms with E-state index < -0.39 is 0 Å². The molecule has 1 aromatic rings. The third-order valence-electron chi connectivity index (χ3n) is 4.06. The molecule has 0 aliphatic carbocycles.